The first-order chi connectivity index (χ1) is 8.65. The third kappa shape index (κ3) is 5.29. The topological polar surface area (TPSA) is 75.4 Å². The summed E-state index contributed by atoms with van der Waals surface area (Å²) in [7, 11) is 0. The van der Waals surface area contributed by atoms with E-state index in [9.17, 15) is 9.90 Å². The van der Waals surface area contributed by atoms with Crippen molar-refractivity contribution in [2.24, 2.45) is 5.73 Å². The van der Waals surface area contributed by atoms with Crippen LogP contribution in [0.4, 0.5) is 0 Å². The van der Waals surface area contributed by atoms with Gasteiger partial charge in [0.1, 0.15) is 0 Å². The maximum absolute atomic E-state index is 11.7. The first-order valence-electron chi connectivity index (χ1n) is 6.35. The summed E-state index contributed by atoms with van der Waals surface area (Å²) in [5.41, 5.74) is 6.81. The van der Waals surface area contributed by atoms with Gasteiger partial charge >= 0.3 is 0 Å². The van der Waals surface area contributed by atoms with Gasteiger partial charge in [0.05, 0.1) is 12.6 Å². The van der Waals surface area contributed by atoms with E-state index in [1.807, 2.05) is 37.3 Å². The number of carbonyl (C=O) groups is 1. The van der Waals surface area contributed by atoms with E-state index in [0.717, 1.165) is 12.0 Å². The monoisotopic (exact) mass is 250 g/mol. The third-order valence-electron chi connectivity index (χ3n) is 2.88. The van der Waals surface area contributed by atoms with Crippen LogP contribution in [-0.4, -0.2) is 29.7 Å². The Labute approximate surface area is 108 Å². The predicted molar refractivity (Wildman–Crippen MR) is 72.0 cm³/mol. The lowest BCUT2D eigenvalue weighted by molar-refractivity contribution is -0.122. The fraction of sp³-hybridized carbons (Fsp3) is 0.500. The molecule has 4 nitrogen and oxygen atoms in total. The molecule has 1 rings (SSSR count). The molecule has 4 heteroatoms. The van der Waals surface area contributed by atoms with E-state index in [4.69, 9.17) is 5.73 Å². The Morgan fingerprint density at radius 3 is 2.61 bits per heavy atom. The highest BCUT2D eigenvalue weighted by Gasteiger charge is 2.13. The van der Waals surface area contributed by atoms with Crippen molar-refractivity contribution in [1.82, 2.24) is 5.32 Å². The minimum atomic E-state index is -0.246. The number of rotatable bonds is 7. The Morgan fingerprint density at radius 1 is 1.39 bits per heavy atom. The zero-order valence-electron chi connectivity index (χ0n) is 10.8. The molecule has 0 spiro atoms. The smallest absolute Gasteiger partial charge is 0.221 e. The SMILES string of the molecule is CCC(N)CC(=O)N[C@@H](CO)Cc1ccccc1. The van der Waals surface area contributed by atoms with Crippen molar-refractivity contribution in [3.05, 3.63) is 35.9 Å². The zero-order valence-corrected chi connectivity index (χ0v) is 10.8. The van der Waals surface area contributed by atoms with Gasteiger partial charge in [-0.2, -0.15) is 0 Å². The van der Waals surface area contributed by atoms with E-state index >= 15 is 0 Å². The van der Waals surface area contributed by atoms with Crippen LogP contribution >= 0.6 is 0 Å². The maximum Gasteiger partial charge on any atom is 0.221 e. The molecule has 0 aliphatic rings. The summed E-state index contributed by atoms with van der Waals surface area (Å²) < 4.78 is 0. The van der Waals surface area contributed by atoms with Crippen LogP contribution in [0.25, 0.3) is 0 Å². The Bertz CT molecular complexity index is 354. The molecule has 0 bridgehead atoms. The first kappa shape index (κ1) is 14.7. The van der Waals surface area contributed by atoms with Crippen LogP contribution in [0.15, 0.2) is 30.3 Å². The number of aliphatic hydroxyl groups excluding tert-OH is 1. The standard InChI is InChI=1S/C14H22N2O2/c1-2-12(15)9-14(18)16-13(10-17)8-11-6-4-3-5-7-11/h3-7,12-13,17H,2,8-10,15H2,1H3,(H,16,18)/t12?,13-/m1/s1. The Balaban J connectivity index is 2.45. The second-order valence-corrected chi connectivity index (χ2v) is 4.51. The van der Waals surface area contributed by atoms with Crippen LogP contribution in [-0.2, 0) is 11.2 Å². The minimum Gasteiger partial charge on any atom is -0.394 e. The van der Waals surface area contributed by atoms with Crippen molar-refractivity contribution in [3.8, 4) is 0 Å². The molecule has 1 unspecified atom stereocenters. The highest BCUT2D eigenvalue weighted by atomic mass is 16.3. The highest BCUT2D eigenvalue weighted by Crippen LogP contribution is 2.03. The van der Waals surface area contributed by atoms with Gasteiger partial charge in [-0.25, -0.2) is 0 Å². The van der Waals surface area contributed by atoms with E-state index in [1.165, 1.54) is 0 Å². The normalized spacial score (nSPS) is 13.9. The summed E-state index contributed by atoms with van der Waals surface area (Å²) in [5.74, 6) is -0.0978. The van der Waals surface area contributed by atoms with E-state index in [2.05, 4.69) is 5.32 Å². The number of nitrogens with two attached hydrogens (primary N) is 1. The molecule has 0 saturated heterocycles. The number of benzene rings is 1. The molecule has 0 saturated carbocycles. The molecular weight excluding hydrogens is 228 g/mol. The fourth-order valence-corrected chi connectivity index (χ4v) is 1.73. The molecule has 0 fully saturated rings. The van der Waals surface area contributed by atoms with Gasteiger partial charge in [0.15, 0.2) is 0 Å². The summed E-state index contributed by atoms with van der Waals surface area (Å²) in [6.07, 6.45) is 1.71. The lowest BCUT2D eigenvalue weighted by atomic mass is 10.1. The van der Waals surface area contributed by atoms with E-state index in [0.29, 0.717) is 12.8 Å². The first-order valence-corrected chi connectivity index (χ1v) is 6.35. The molecule has 0 aromatic heterocycles. The number of hydrogen-bond donors (Lipinski definition) is 3. The molecule has 0 aliphatic carbocycles. The van der Waals surface area contributed by atoms with Gasteiger partial charge in [0.2, 0.25) is 5.91 Å². The number of nitrogens with one attached hydrogen (secondary N) is 1. The molecule has 1 aromatic carbocycles. The van der Waals surface area contributed by atoms with Crippen LogP contribution in [0, 0.1) is 0 Å². The highest BCUT2D eigenvalue weighted by molar-refractivity contribution is 5.76. The summed E-state index contributed by atoms with van der Waals surface area (Å²) in [6.45, 7) is 1.88. The van der Waals surface area contributed by atoms with Crippen molar-refractivity contribution in [1.29, 1.82) is 0 Å². The van der Waals surface area contributed by atoms with Gasteiger partial charge in [-0.3, -0.25) is 4.79 Å². The molecule has 18 heavy (non-hydrogen) atoms. The third-order valence-corrected chi connectivity index (χ3v) is 2.88. The van der Waals surface area contributed by atoms with Crippen molar-refractivity contribution >= 4 is 5.91 Å². The summed E-state index contributed by atoms with van der Waals surface area (Å²) in [4.78, 5) is 11.7. The molecule has 0 heterocycles. The van der Waals surface area contributed by atoms with Crippen molar-refractivity contribution in [3.63, 3.8) is 0 Å². The van der Waals surface area contributed by atoms with Gasteiger partial charge in [-0.05, 0) is 18.4 Å². The fourth-order valence-electron chi connectivity index (χ4n) is 1.73. The second kappa shape index (κ2) is 7.84. The average Bonchev–Trinajstić information content (AvgIpc) is 2.38. The van der Waals surface area contributed by atoms with Gasteiger partial charge in [0.25, 0.3) is 0 Å². The molecule has 1 amide bonds. The van der Waals surface area contributed by atoms with Crippen LogP contribution in [0.3, 0.4) is 0 Å². The minimum absolute atomic E-state index is 0.0675. The van der Waals surface area contributed by atoms with Gasteiger partial charge in [0, 0.05) is 12.5 Å². The molecule has 100 valence electrons. The Kier molecular flexibility index (Phi) is 6.39. The van der Waals surface area contributed by atoms with Gasteiger partial charge < -0.3 is 16.2 Å². The van der Waals surface area contributed by atoms with Crippen LogP contribution < -0.4 is 11.1 Å². The lowest BCUT2D eigenvalue weighted by Crippen LogP contribution is -2.41. The van der Waals surface area contributed by atoms with Crippen LogP contribution in [0.2, 0.25) is 0 Å². The van der Waals surface area contributed by atoms with Crippen molar-refractivity contribution in [2.45, 2.75) is 38.3 Å². The second-order valence-electron chi connectivity index (χ2n) is 4.51. The molecule has 0 aliphatic heterocycles. The van der Waals surface area contributed by atoms with E-state index in [-0.39, 0.29) is 24.6 Å². The molecular formula is C14H22N2O2. The maximum atomic E-state index is 11.7. The molecule has 1 aromatic rings. The van der Waals surface area contributed by atoms with Gasteiger partial charge in [-0.15, -0.1) is 0 Å². The summed E-state index contributed by atoms with van der Waals surface area (Å²) in [6, 6.07) is 9.43. The van der Waals surface area contributed by atoms with E-state index in [1.54, 1.807) is 0 Å². The number of aliphatic hydroxyl groups is 1. The Hall–Kier alpha value is -1.39. The van der Waals surface area contributed by atoms with Crippen molar-refractivity contribution < 1.29 is 9.90 Å². The Morgan fingerprint density at radius 2 is 2.06 bits per heavy atom. The average molecular weight is 250 g/mol. The lowest BCUT2D eigenvalue weighted by Gasteiger charge is -2.17. The predicted octanol–water partition coefficient (Wildman–Crippen LogP) is 0.834. The zero-order chi connectivity index (χ0) is 13.4. The summed E-state index contributed by atoms with van der Waals surface area (Å²) in [5, 5.41) is 12.1. The van der Waals surface area contributed by atoms with Crippen LogP contribution in [0.1, 0.15) is 25.3 Å². The number of hydrogen-bond acceptors (Lipinski definition) is 3. The molecule has 2 atom stereocenters. The number of amides is 1. The van der Waals surface area contributed by atoms with Crippen molar-refractivity contribution in [2.75, 3.05) is 6.61 Å². The largest absolute Gasteiger partial charge is 0.394 e. The van der Waals surface area contributed by atoms with Gasteiger partial charge in [-0.1, -0.05) is 37.3 Å². The summed E-state index contributed by atoms with van der Waals surface area (Å²) >= 11 is 0. The van der Waals surface area contributed by atoms with E-state index < -0.39 is 0 Å². The molecule has 0 radical (unpaired) electrons. The number of carbonyl (C=O) groups excluding carboxylic acids is 1. The molecule has 4 N–H and O–H groups in total. The quantitative estimate of drug-likeness (QED) is 0.671. The van der Waals surface area contributed by atoms with Crippen LogP contribution in [0.5, 0.6) is 0 Å².